The molecule has 1 heterocycles. The molecule has 0 saturated heterocycles. The minimum atomic E-state index is -4.59. The Bertz CT molecular complexity index is 2440. The van der Waals surface area contributed by atoms with Gasteiger partial charge in [0, 0.05) is 23.2 Å². The third-order valence-corrected chi connectivity index (χ3v) is 9.38. The smallest absolute Gasteiger partial charge is 0.381 e. The Balaban J connectivity index is 1.30. The Morgan fingerprint density at radius 2 is 1.42 bits per heavy atom. The maximum atomic E-state index is 14.6. The van der Waals surface area contributed by atoms with Crippen LogP contribution in [0.2, 0.25) is 0 Å². The lowest BCUT2D eigenvalue weighted by Crippen LogP contribution is -2.07. The van der Waals surface area contributed by atoms with Crippen LogP contribution in [0.4, 0.5) is 18.9 Å². The Labute approximate surface area is 288 Å². The highest BCUT2D eigenvalue weighted by molar-refractivity contribution is 5.99. The summed E-state index contributed by atoms with van der Waals surface area (Å²) >= 11 is 0. The van der Waals surface area contributed by atoms with E-state index in [9.17, 15) is 18.4 Å². The van der Waals surface area contributed by atoms with Crippen molar-refractivity contribution in [3.05, 3.63) is 178 Å². The lowest BCUT2D eigenvalue weighted by Gasteiger charge is -2.18. The van der Waals surface area contributed by atoms with Gasteiger partial charge in [0.1, 0.15) is 0 Å². The summed E-state index contributed by atoms with van der Waals surface area (Å²) in [5.41, 5.74) is 11.0. The summed E-state index contributed by atoms with van der Waals surface area (Å²) in [6, 6.07) is 46.3. The Kier molecular flexibility index (Phi) is 7.89. The number of nitrogens with zero attached hydrogens (tertiary/aromatic N) is 2. The zero-order valence-electron chi connectivity index (χ0n) is 26.9. The Morgan fingerprint density at radius 3 is 2.26 bits per heavy atom. The van der Waals surface area contributed by atoms with Gasteiger partial charge in [-0.3, -0.25) is 0 Å². The molecule has 242 valence electrons. The molecule has 1 aliphatic rings. The fourth-order valence-electron chi connectivity index (χ4n) is 7.06. The minimum Gasteiger partial charge on any atom is -0.381 e. The molecule has 0 radical (unpaired) electrons. The topological polar surface area (TPSA) is 48.7 Å². The van der Waals surface area contributed by atoms with Crippen molar-refractivity contribution in [1.29, 1.82) is 5.26 Å². The molecule has 3 nitrogen and oxygen atoms in total. The Morgan fingerprint density at radius 1 is 0.660 bits per heavy atom. The van der Waals surface area contributed by atoms with E-state index in [1.54, 1.807) is 12.1 Å². The van der Waals surface area contributed by atoms with E-state index in [1.165, 1.54) is 11.6 Å². The maximum absolute atomic E-state index is 14.6. The molecule has 6 aromatic carbocycles. The molecule has 0 amide bonds. The number of benzene rings is 6. The molecule has 0 fully saturated rings. The van der Waals surface area contributed by atoms with E-state index < -0.39 is 11.7 Å². The maximum Gasteiger partial charge on any atom is 0.418 e. The number of rotatable bonds is 7. The number of halogens is 3. The second-order valence-corrected chi connectivity index (χ2v) is 12.7. The van der Waals surface area contributed by atoms with Crippen LogP contribution in [0.15, 0.2) is 140 Å². The fourth-order valence-corrected chi connectivity index (χ4v) is 7.06. The molecule has 50 heavy (non-hydrogen) atoms. The van der Waals surface area contributed by atoms with E-state index in [1.807, 2.05) is 78.9 Å². The zero-order chi connectivity index (χ0) is 34.2. The molecule has 1 aromatic heterocycles. The summed E-state index contributed by atoms with van der Waals surface area (Å²) < 4.78 is 43.8. The molecule has 7 aromatic rings. The summed E-state index contributed by atoms with van der Waals surface area (Å²) in [5, 5.41) is 13.2. The van der Waals surface area contributed by atoms with Gasteiger partial charge >= 0.3 is 6.18 Å². The van der Waals surface area contributed by atoms with Crippen LogP contribution in [-0.4, -0.2) is 4.98 Å². The van der Waals surface area contributed by atoms with Crippen LogP contribution in [0.25, 0.3) is 44.4 Å². The monoisotopic (exact) mass is 657 g/mol. The quantitative estimate of drug-likeness (QED) is 0.186. The molecule has 1 N–H and O–H groups in total. The van der Waals surface area contributed by atoms with E-state index in [4.69, 9.17) is 4.98 Å². The number of anilines is 1. The highest BCUT2D eigenvalue weighted by atomic mass is 19.4. The van der Waals surface area contributed by atoms with Crippen LogP contribution in [-0.2, 0) is 25.6 Å². The summed E-state index contributed by atoms with van der Waals surface area (Å²) in [6.07, 6.45) is -3.23. The van der Waals surface area contributed by atoms with E-state index >= 15 is 0 Å². The van der Waals surface area contributed by atoms with Gasteiger partial charge in [0.2, 0.25) is 0 Å². The number of fused-ring (bicyclic) bond motifs is 4. The first-order chi connectivity index (χ1) is 24.3. The van der Waals surface area contributed by atoms with Crippen molar-refractivity contribution in [3.8, 4) is 39.6 Å². The lowest BCUT2D eigenvalue weighted by molar-refractivity contribution is -0.136. The third kappa shape index (κ3) is 5.99. The SMILES string of the molecule is N#Cc1cccc(CNc2cccc(-c3cc(-c4cc(Cc5ccccc5)cc5c4Cc4ccccc4-5)nc4c(C(F)(F)F)cccc34)c2)c1. The second-order valence-electron chi connectivity index (χ2n) is 12.7. The highest BCUT2D eigenvalue weighted by Gasteiger charge is 2.34. The molecule has 0 unspecified atom stereocenters. The predicted octanol–water partition coefficient (Wildman–Crippen LogP) is 11.2. The average Bonchev–Trinajstić information content (AvgIpc) is 3.52. The minimum absolute atomic E-state index is 0.0723. The van der Waals surface area contributed by atoms with Crippen LogP contribution in [0, 0.1) is 11.3 Å². The molecular formula is C44H30F3N3. The molecule has 0 bridgehead atoms. The van der Waals surface area contributed by atoms with Gasteiger partial charge in [-0.1, -0.05) is 97.1 Å². The molecule has 0 saturated carbocycles. The summed E-state index contributed by atoms with van der Waals surface area (Å²) in [7, 11) is 0. The molecule has 0 aliphatic heterocycles. The van der Waals surface area contributed by atoms with E-state index in [0.29, 0.717) is 41.6 Å². The lowest BCUT2D eigenvalue weighted by atomic mass is 9.91. The van der Waals surface area contributed by atoms with Gasteiger partial charge in [0.15, 0.2) is 0 Å². The van der Waals surface area contributed by atoms with Crippen molar-refractivity contribution in [2.45, 2.75) is 25.6 Å². The molecule has 0 spiro atoms. The largest absolute Gasteiger partial charge is 0.418 e. The van der Waals surface area contributed by atoms with Crippen LogP contribution >= 0.6 is 0 Å². The van der Waals surface area contributed by atoms with Gasteiger partial charge in [-0.25, -0.2) is 4.98 Å². The van der Waals surface area contributed by atoms with Crippen molar-refractivity contribution in [2.75, 3.05) is 5.32 Å². The summed E-state index contributed by atoms with van der Waals surface area (Å²) in [4.78, 5) is 4.84. The van der Waals surface area contributed by atoms with Gasteiger partial charge in [-0.15, -0.1) is 0 Å². The number of hydrogen-bond donors (Lipinski definition) is 1. The molecule has 0 atom stereocenters. The standard InChI is InChI=1S/C44H30F3N3/c45-44(46,47)41-18-8-17-36-37(32-14-7-15-34(23-32)49-27-30-12-6-11-29(20-30)26-48)25-42(50-43(36)41)40-22-31(19-28-9-2-1-3-10-28)21-38-35-16-5-4-13-33(35)24-39(38)40/h1-18,20-23,25,49H,19,24,27H2. The number of para-hydroxylation sites is 1. The van der Waals surface area contributed by atoms with Gasteiger partial charge in [0.25, 0.3) is 0 Å². The van der Waals surface area contributed by atoms with E-state index in [2.05, 4.69) is 47.8 Å². The summed E-state index contributed by atoms with van der Waals surface area (Å²) in [5.74, 6) is 0. The van der Waals surface area contributed by atoms with Gasteiger partial charge in [-0.05, 0) is 105 Å². The number of nitrogens with one attached hydrogen (secondary N) is 1. The molecule has 8 rings (SSSR count). The number of alkyl halides is 3. The average molecular weight is 658 g/mol. The number of aromatic nitrogens is 1. The van der Waals surface area contributed by atoms with Crippen molar-refractivity contribution in [2.24, 2.45) is 0 Å². The van der Waals surface area contributed by atoms with Gasteiger partial charge < -0.3 is 5.32 Å². The van der Waals surface area contributed by atoms with Crippen LogP contribution < -0.4 is 5.32 Å². The van der Waals surface area contributed by atoms with Crippen LogP contribution in [0.3, 0.4) is 0 Å². The van der Waals surface area contributed by atoms with Crippen molar-refractivity contribution in [3.63, 3.8) is 0 Å². The fraction of sp³-hybridized carbons (Fsp3) is 0.0909. The van der Waals surface area contributed by atoms with Crippen LogP contribution in [0.1, 0.15) is 38.9 Å². The van der Waals surface area contributed by atoms with E-state index in [-0.39, 0.29) is 5.52 Å². The number of pyridine rings is 1. The second kappa shape index (κ2) is 12.7. The highest BCUT2D eigenvalue weighted by Crippen LogP contribution is 2.45. The predicted molar refractivity (Wildman–Crippen MR) is 194 cm³/mol. The Hall–Kier alpha value is -6.19. The first-order valence-electron chi connectivity index (χ1n) is 16.5. The first-order valence-corrected chi connectivity index (χ1v) is 16.5. The molecule has 6 heteroatoms. The number of hydrogen-bond acceptors (Lipinski definition) is 3. The van der Waals surface area contributed by atoms with Crippen molar-refractivity contribution >= 4 is 16.6 Å². The molecule has 1 aliphatic carbocycles. The van der Waals surface area contributed by atoms with Crippen LogP contribution in [0.5, 0.6) is 0 Å². The summed E-state index contributed by atoms with van der Waals surface area (Å²) in [6.45, 7) is 0.487. The van der Waals surface area contributed by atoms with Crippen molar-refractivity contribution < 1.29 is 13.2 Å². The van der Waals surface area contributed by atoms with Gasteiger partial charge in [0.05, 0.1) is 28.4 Å². The zero-order valence-corrected chi connectivity index (χ0v) is 26.9. The molecular weight excluding hydrogens is 627 g/mol. The first kappa shape index (κ1) is 31.1. The van der Waals surface area contributed by atoms with Crippen molar-refractivity contribution in [1.82, 2.24) is 4.98 Å². The van der Waals surface area contributed by atoms with E-state index in [0.717, 1.165) is 56.3 Å². The normalized spacial score (nSPS) is 12.0. The third-order valence-electron chi connectivity index (χ3n) is 9.38. The van der Waals surface area contributed by atoms with Gasteiger partial charge in [-0.2, -0.15) is 18.4 Å². The number of nitriles is 1.